The van der Waals surface area contributed by atoms with Crippen LogP contribution >= 0.6 is 11.8 Å². The van der Waals surface area contributed by atoms with Crippen molar-refractivity contribution in [1.82, 2.24) is 4.57 Å². The molecule has 0 bridgehead atoms. The fourth-order valence-corrected chi connectivity index (χ4v) is 5.15. The number of aliphatic imine (C=N–C) groups is 2. The summed E-state index contributed by atoms with van der Waals surface area (Å²) in [7, 11) is 2.01. The van der Waals surface area contributed by atoms with Gasteiger partial charge in [0.05, 0.1) is 18.9 Å². The zero-order valence-electron chi connectivity index (χ0n) is 20.8. The first-order valence-electron chi connectivity index (χ1n) is 12.3. The second-order valence-electron chi connectivity index (χ2n) is 8.74. The summed E-state index contributed by atoms with van der Waals surface area (Å²) in [6.07, 6.45) is 17.7. The van der Waals surface area contributed by atoms with Gasteiger partial charge in [0.1, 0.15) is 5.69 Å². The van der Waals surface area contributed by atoms with E-state index in [2.05, 4.69) is 88.1 Å². The van der Waals surface area contributed by atoms with Crippen LogP contribution < -0.4 is 15.5 Å². The summed E-state index contributed by atoms with van der Waals surface area (Å²) >= 11 is 1.76. The zero-order valence-corrected chi connectivity index (χ0v) is 21.7. The van der Waals surface area contributed by atoms with Gasteiger partial charge in [0, 0.05) is 42.6 Å². The van der Waals surface area contributed by atoms with Crippen LogP contribution in [0.25, 0.3) is 0 Å². The number of nitrogens with one attached hydrogen (secondary N) is 2. The van der Waals surface area contributed by atoms with Crippen molar-refractivity contribution in [2.75, 3.05) is 48.1 Å². The highest BCUT2D eigenvalue weighted by molar-refractivity contribution is 8.02. The molecule has 35 heavy (non-hydrogen) atoms. The molecule has 1 aliphatic heterocycles. The number of nitrogens with zero attached hydrogens (tertiary/aromatic N) is 4. The van der Waals surface area contributed by atoms with Gasteiger partial charge < -0.3 is 20.1 Å². The lowest BCUT2D eigenvalue weighted by Gasteiger charge is -2.28. The van der Waals surface area contributed by atoms with E-state index in [4.69, 9.17) is 4.99 Å². The lowest BCUT2D eigenvalue weighted by atomic mass is 10.1. The third kappa shape index (κ3) is 6.48. The number of anilines is 3. The van der Waals surface area contributed by atoms with Crippen LogP contribution in [-0.4, -0.2) is 49.7 Å². The Kier molecular flexibility index (Phi) is 8.90. The molecule has 2 aliphatic rings. The van der Waals surface area contributed by atoms with E-state index in [1.807, 2.05) is 17.8 Å². The normalized spacial score (nSPS) is 16.4. The van der Waals surface area contributed by atoms with Crippen LogP contribution in [0, 0.1) is 0 Å². The average molecular weight is 489 g/mol. The molecule has 2 aromatic rings. The lowest BCUT2D eigenvalue weighted by Crippen LogP contribution is -2.29. The SMILES string of the molecule is C=NC(=NCC1=CC=CCC=C1SC)c1c(NCNc2ccc(N3CCCCC3)cc2)ccn1C. The zero-order chi connectivity index (χ0) is 24.5. The topological polar surface area (TPSA) is 57.0 Å². The summed E-state index contributed by atoms with van der Waals surface area (Å²) < 4.78 is 2.04. The Morgan fingerprint density at radius 1 is 1.09 bits per heavy atom. The number of rotatable bonds is 9. The Labute approximate surface area is 213 Å². The smallest absolute Gasteiger partial charge is 0.173 e. The van der Waals surface area contributed by atoms with Crippen molar-refractivity contribution in [2.45, 2.75) is 25.7 Å². The minimum Gasteiger partial charge on any atom is -0.372 e. The van der Waals surface area contributed by atoms with Gasteiger partial charge in [0.25, 0.3) is 0 Å². The summed E-state index contributed by atoms with van der Waals surface area (Å²) in [4.78, 5) is 12.9. The maximum Gasteiger partial charge on any atom is 0.173 e. The summed E-state index contributed by atoms with van der Waals surface area (Å²) in [6, 6.07) is 10.8. The largest absolute Gasteiger partial charge is 0.372 e. The molecular weight excluding hydrogens is 452 g/mol. The van der Waals surface area contributed by atoms with Crippen LogP contribution in [0.4, 0.5) is 17.1 Å². The van der Waals surface area contributed by atoms with Gasteiger partial charge in [0.15, 0.2) is 5.84 Å². The fraction of sp³-hybridized carbons (Fsp3) is 0.357. The monoisotopic (exact) mass is 488 g/mol. The molecule has 0 saturated carbocycles. The van der Waals surface area contributed by atoms with Gasteiger partial charge >= 0.3 is 0 Å². The van der Waals surface area contributed by atoms with Crippen molar-refractivity contribution in [3.05, 3.63) is 77.0 Å². The molecule has 2 N–H and O–H groups in total. The molecule has 4 rings (SSSR count). The van der Waals surface area contributed by atoms with Gasteiger partial charge in [-0.3, -0.25) is 4.99 Å². The first-order valence-corrected chi connectivity index (χ1v) is 13.5. The van der Waals surface area contributed by atoms with Crippen LogP contribution in [0.15, 0.2) is 81.3 Å². The van der Waals surface area contributed by atoms with E-state index >= 15 is 0 Å². The molecule has 0 amide bonds. The molecule has 2 heterocycles. The van der Waals surface area contributed by atoms with Gasteiger partial charge in [0.2, 0.25) is 0 Å². The molecule has 1 saturated heterocycles. The third-order valence-corrected chi connectivity index (χ3v) is 7.27. The van der Waals surface area contributed by atoms with E-state index in [0.29, 0.717) is 19.0 Å². The quantitative estimate of drug-likeness (QED) is 0.255. The highest BCUT2D eigenvalue weighted by atomic mass is 32.2. The van der Waals surface area contributed by atoms with Crippen LogP contribution in [0.1, 0.15) is 31.4 Å². The first kappa shape index (κ1) is 24.9. The number of hydrogen-bond acceptors (Lipinski definition) is 5. The second kappa shape index (κ2) is 12.5. The van der Waals surface area contributed by atoms with E-state index < -0.39 is 0 Å². The van der Waals surface area contributed by atoms with E-state index in [0.717, 1.165) is 36.6 Å². The number of amidine groups is 1. The summed E-state index contributed by atoms with van der Waals surface area (Å²) in [5.41, 5.74) is 5.51. The van der Waals surface area contributed by atoms with Crippen LogP contribution in [0.5, 0.6) is 0 Å². The van der Waals surface area contributed by atoms with Gasteiger partial charge in [-0.2, -0.15) is 0 Å². The molecule has 0 atom stereocenters. The van der Waals surface area contributed by atoms with Crippen molar-refractivity contribution in [3.8, 4) is 0 Å². The highest BCUT2D eigenvalue weighted by Crippen LogP contribution is 2.26. The van der Waals surface area contributed by atoms with E-state index in [9.17, 15) is 0 Å². The minimum atomic E-state index is 0.567. The minimum absolute atomic E-state index is 0.567. The van der Waals surface area contributed by atoms with Crippen LogP contribution in [0.2, 0.25) is 0 Å². The molecular formula is C28H36N6S. The predicted molar refractivity (Wildman–Crippen MR) is 154 cm³/mol. The highest BCUT2D eigenvalue weighted by Gasteiger charge is 2.14. The number of thioether (sulfide) groups is 1. The molecule has 184 valence electrons. The Balaban J connectivity index is 1.39. The van der Waals surface area contributed by atoms with E-state index in [1.54, 1.807) is 11.8 Å². The van der Waals surface area contributed by atoms with Crippen molar-refractivity contribution in [1.29, 1.82) is 0 Å². The van der Waals surface area contributed by atoms with Gasteiger partial charge in [-0.1, -0.05) is 24.3 Å². The molecule has 0 spiro atoms. The fourth-order valence-electron chi connectivity index (χ4n) is 4.49. The van der Waals surface area contributed by atoms with Crippen LogP contribution in [-0.2, 0) is 7.05 Å². The molecule has 0 unspecified atom stereocenters. The molecule has 7 heteroatoms. The number of allylic oxidation sites excluding steroid dienone is 4. The second-order valence-corrected chi connectivity index (χ2v) is 9.59. The number of aromatic nitrogens is 1. The standard InChI is InChI=1S/C28H36N6S/c1-29-28(30-20-22-10-6-4-7-11-26(22)35-3)27-25(16-19-33(27)2)32-21-31-23-12-14-24(15-13-23)34-17-8-5-9-18-34/h4,6,10-16,19,31-32H,1,5,7-9,17-18,20-21H2,2-3H3. The maximum atomic E-state index is 4.84. The Hall–Kier alpha value is -3.19. The van der Waals surface area contributed by atoms with Gasteiger partial charge in [-0.05, 0) is 74.6 Å². The summed E-state index contributed by atoms with van der Waals surface area (Å²) in [5, 5.41) is 6.96. The summed E-state index contributed by atoms with van der Waals surface area (Å²) in [6.45, 7) is 7.29. The average Bonchev–Trinajstić information content (AvgIpc) is 3.11. The van der Waals surface area contributed by atoms with Gasteiger partial charge in [-0.25, -0.2) is 4.99 Å². The molecule has 1 aliphatic carbocycles. The van der Waals surface area contributed by atoms with E-state index in [1.165, 1.54) is 35.4 Å². The van der Waals surface area contributed by atoms with Crippen molar-refractivity contribution >= 4 is 41.4 Å². The van der Waals surface area contributed by atoms with Crippen molar-refractivity contribution in [3.63, 3.8) is 0 Å². The number of piperidine rings is 1. The Morgan fingerprint density at radius 3 is 2.63 bits per heavy atom. The van der Waals surface area contributed by atoms with Crippen molar-refractivity contribution < 1.29 is 0 Å². The van der Waals surface area contributed by atoms with Crippen LogP contribution in [0.3, 0.4) is 0 Å². The lowest BCUT2D eigenvalue weighted by molar-refractivity contribution is 0.578. The number of benzene rings is 1. The Morgan fingerprint density at radius 2 is 1.89 bits per heavy atom. The molecule has 1 fully saturated rings. The predicted octanol–water partition coefficient (Wildman–Crippen LogP) is 6.08. The number of hydrogen-bond donors (Lipinski definition) is 2. The molecule has 6 nitrogen and oxygen atoms in total. The molecule has 0 radical (unpaired) electrons. The number of aryl methyl sites for hydroxylation is 1. The molecule has 1 aromatic heterocycles. The summed E-state index contributed by atoms with van der Waals surface area (Å²) in [5.74, 6) is 0.639. The first-order chi connectivity index (χ1) is 17.2. The van der Waals surface area contributed by atoms with Gasteiger partial charge in [-0.15, -0.1) is 11.8 Å². The molecule has 1 aromatic carbocycles. The van der Waals surface area contributed by atoms with E-state index in [-0.39, 0.29) is 0 Å². The Bertz CT molecular complexity index is 1120. The van der Waals surface area contributed by atoms with Crippen molar-refractivity contribution in [2.24, 2.45) is 17.0 Å². The maximum absolute atomic E-state index is 4.84. The third-order valence-electron chi connectivity index (χ3n) is 6.40.